The molecule has 0 radical (unpaired) electrons. The number of carbonyl (C=O) groups excluding carboxylic acids is 1. The van der Waals surface area contributed by atoms with E-state index in [-0.39, 0.29) is 11.9 Å². The Hall–Kier alpha value is -0.610. The summed E-state index contributed by atoms with van der Waals surface area (Å²) < 4.78 is 0. The summed E-state index contributed by atoms with van der Waals surface area (Å²) in [5, 5.41) is 3.09. The van der Waals surface area contributed by atoms with Crippen LogP contribution in [0.2, 0.25) is 0 Å². The molecule has 1 saturated heterocycles. The normalized spacial score (nSPS) is 35.5. The van der Waals surface area contributed by atoms with Gasteiger partial charge in [0, 0.05) is 18.6 Å². The lowest BCUT2D eigenvalue weighted by atomic mass is 9.82. The quantitative estimate of drug-likeness (QED) is 0.727. The van der Waals surface area contributed by atoms with Crippen LogP contribution in [0.3, 0.4) is 0 Å². The van der Waals surface area contributed by atoms with Crippen LogP contribution in [0.4, 0.5) is 0 Å². The van der Waals surface area contributed by atoms with Gasteiger partial charge in [-0.25, -0.2) is 0 Å². The van der Waals surface area contributed by atoms with Crippen LogP contribution in [0, 0.1) is 5.92 Å². The lowest BCUT2D eigenvalue weighted by Gasteiger charge is -2.35. The molecule has 1 heterocycles. The standard InChI is InChI=1S/C12H23N3O/c1-9-5-11(6-9)14-12(16)8-15-4-2-3-10(13)7-15/h9-11H,2-8,13H2,1H3,(H,14,16)/t9?,10-,11?/m1/s1. The van der Waals surface area contributed by atoms with E-state index in [1.807, 2.05) is 0 Å². The second-order valence-corrected chi connectivity index (χ2v) is 5.48. The highest BCUT2D eigenvalue weighted by atomic mass is 16.2. The van der Waals surface area contributed by atoms with Crippen molar-refractivity contribution in [1.29, 1.82) is 0 Å². The van der Waals surface area contributed by atoms with Crippen LogP contribution in [-0.2, 0) is 4.79 Å². The van der Waals surface area contributed by atoms with Crippen molar-refractivity contribution in [2.24, 2.45) is 11.7 Å². The van der Waals surface area contributed by atoms with Gasteiger partial charge >= 0.3 is 0 Å². The summed E-state index contributed by atoms with van der Waals surface area (Å²) in [4.78, 5) is 13.9. The Kier molecular flexibility index (Phi) is 3.82. The number of nitrogens with zero attached hydrogens (tertiary/aromatic N) is 1. The summed E-state index contributed by atoms with van der Waals surface area (Å²) in [6.07, 6.45) is 4.50. The van der Waals surface area contributed by atoms with E-state index in [0.717, 1.165) is 44.7 Å². The van der Waals surface area contributed by atoms with Crippen molar-refractivity contribution < 1.29 is 4.79 Å². The molecule has 2 rings (SSSR count). The number of rotatable bonds is 3. The molecule has 0 bridgehead atoms. The van der Waals surface area contributed by atoms with Gasteiger partial charge in [0.1, 0.15) is 0 Å². The number of nitrogens with one attached hydrogen (secondary N) is 1. The molecule has 92 valence electrons. The minimum absolute atomic E-state index is 0.172. The van der Waals surface area contributed by atoms with Crippen LogP contribution in [0.25, 0.3) is 0 Å². The van der Waals surface area contributed by atoms with Gasteiger partial charge in [-0.3, -0.25) is 9.69 Å². The summed E-state index contributed by atoms with van der Waals surface area (Å²) in [5.41, 5.74) is 5.88. The second-order valence-electron chi connectivity index (χ2n) is 5.48. The van der Waals surface area contributed by atoms with E-state index in [1.165, 1.54) is 0 Å². The highest BCUT2D eigenvalue weighted by Gasteiger charge is 2.27. The second kappa shape index (κ2) is 5.15. The summed E-state index contributed by atoms with van der Waals surface area (Å²) >= 11 is 0. The molecule has 1 amide bonds. The van der Waals surface area contributed by atoms with Crippen LogP contribution in [0.5, 0.6) is 0 Å². The number of carbonyl (C=O) groups is 1. The average Bonchev–Trinajstić information content (AvgIpc) is 2.15. The van der Waals surface area contributed by atoms with Crippen molar-refractivity contribution in [3.63, 3.8) is 0 Å². The van der Waals surface area contributed by atoms with E-state index in [9.17, 15) is 4.79 Å². The molecule has 4 heteroatoms. The van der Waals surface area contributed by atoms with Gasteiger partial charge in [-0.2, -0.15) is 0 Å². The first-order valence-corrected chi connectivity index (χ1v) is 6.41. The molecule has 4 nitrogen and oxygen atoms in total. The predicted octanol–water partition coefficient (Wildman–Crippen LogP) is 0.324. The molecule has 2 aliphatic rings. The van der Waals surface area contributed by atoms with Gasteiger partial charge in [-0.05, 0) is 38.1 Å². The lowest BCUT2D eigenvalue weighted by molar-refractivity contribution is -0.124. The van der Waals surface area contributed by atoms with E-state index >= 15 is 0 Å². The highest BCUT2D eigenvalue weighted by Crippen LogP contribution is 2.26. The van der Waals surface area contributed by atoms with Crippen LogP contribution in [0.15, 0.2) is 0 Å². The third kappa shape index (κ3) is 3.19. The Labute approximate surface area is 97.6 Å². The lowest BCUT2D eigenvalue weighted by Crippen LogP contribution is -2.50. The minimum atomic E-state index is 0.172. The maximum atomic E-state index is 11.7. The maximum Gasteiger partial charge on any atom is 0.234 e. The van der Waals surface area contributed by atoms with E-state index < -0.39 is 0 Å². The third-order valence-corrected chi connectivity index (χ3v) is 3.65. The third-order valence-electron chi connectivity index (χ3n) is 3.65. The van der Waals surface area contributed by atoms with Crippen molar-refractivity contribution in [3.05, 3.63) is 0 Å². The van der Waals surface area contributed by atoms with E-state index in [2.05, 4.69) is 17.1 Å². The fourth-order valence-corrected chi connectivity index (χ4v) is 2.73. The van der Waals surface area contributed by atoms with Gasteiger partial charge in [-0.15, -0.1) is 0 Å². The molecule has 0 aromatic heterocycles. The summed E-state index contributed by atoms with van der Waals surface area (Å²) in [6.45, 7) is 4.64. The number of piperidine rings is 1. The van der Waals surface area contributed by atoms with Gasteiger partial charge in [0.25, 0.3) is 0 Å². The van der Waals surface area contributed by atoms with E-state index in [1.54, 1.807) is 0 Å². The van der Waals surface area contributed by atoms with Gasteiger partial charge in [0.2, 0.25) is 5.91 Å². The Morgan fingerprint density at radius 3 is 2.88 bits per heavy atom. The highest BCUT2D eigenvalue weighted by molar-refractivity contribution is 5.78. The predicted molar refractivity (Wildman–Crippen MR) is 64.0 cm³/mol. The summed E-state index contributed by atoms with van der Waals surface area (Å²) in [5.74, 6) is 0.958. The van der Waals surface area contributed by atoms with Gasteiger partial charge < -0.3 is 11.1 Å². The number of nitrogens with two attached hydrogens (primary N) is 1. The Balaban J connectivity index is 1.66. The molecule has 0 unspecified atom stereocenters. The number of hydrogen-bond acceptors (Lipinski definition) is 3. The zero-order chi connectivity index (χ0) is 11.5. The van der Waals surface area contributed by atoms with Crippen LogP contribution in [0.1, 0.15) is 32.6 Å². The molecule has 0 aromatic rings. The van der Waals surface area contributed by atoms with Crippen LogP contribution < -0.4 is 11.1 Å². The molecule has 1 aliphatic heterocycles. The monoisotopic (exact) mass is 225 g/mol. The number of amides is 1. The number of likely N-dealkylation sites (tertiary alicyclic amines) is 1. The first kappa shape index (κ1) is 11.9. The first-order valence-electron chi connectivity index (χ1n) is 6.41. The summed E-state index contributed by atoms with van der Waals surface area (Å²) in [6, 6.07) is 0.686. The molecule has 2 fully saturated rings. The van der Waals surface area contributed by atoms with Crippen molar-refractivity contribution in [1.82, 2.24) is 10.2 Å². The van der Waals surface area contributed by atoms with Crippen molar-refractivity contribution in [2.45, 2.75) is 44.7 Å². The molecule has 1 aliphatic carbocycles. The molecule has 1 atom stereocenters. The molecule has 16 heavy (non-hydrogen) atoms. The Morgan fingerprint density at radius 2 is 2.25 bits per heavy atom. The zero-order valence-corrected chi connectivity index (χ0v) is 10.1. The smallest absolute Gasteiger partial charge is 0.234 e. The molecule has 0 spiro atoms. The fourth-order valence-electron chi connectivity index (χ4n) is 2.73. The van der Waals surface area contributed by atoms with Crippen LogP contribution >= 0.6 is 0 Å². The van der Waals surface area contributed by atoms with Crippen molar-refractivity contribution >= 4 is 5.91 Å². The van der Waals surface area contributed by atoms with E-state index in [4.69, 9.17) is 5.73 Å². The Morgan fingerprint density at radius 1 is 1.50 bits per heavy atom. The van der Waals surface area contributed by atoms with E-state index in [0.29, 0.717) is 12.6 Å². The SMILES string of the molecule is CC1CC(NC(=O)CN2CCC[C@@H](N)C2)C1. The molecule has 1 saturated carbocycles. The maximum absolute atomic E-state index is 11.7. The average molecular weight is 225 g/mol. The molecule has 3 N–H and O–H groups in total. The van der Waals surface area contributed by atoms with Crippen molar-refractivity contribution in [3.8, 4) is 0 Å². The van der Waals surface area contributed by atoms with Gasteiger partial charge in [0.05, 0.1) is 6.54 Å². The zero-order valence-electron chi connectivity index (χ0n) is 10.1. The Bertz CT molecular complexity index is 251. The molecular formula is C12H23N3O. The van der Waals surface area contributed by atoms with Crippen LogP contribution in [-0.4, -0.2) is 42.5 Å². The molecular weight excluding hydrogens is 202 g/mol. The van der Waals surface area contributed by atoms with Gasteiger partial charge in [0.15, 0.2) is 0 Å². The minimum Gasteiger partial charge on any atom is -0.352 e. The topological polar surface area (TPSA) is 58.4 Å². The number of hydrogen-bond donors (Lipinski definition) is 2. The van der Waals surface area contributed by atoms with Crippen molar-refractivity contribution in [2.75, 3.05) is 19.6 Å². The first-order chi connectivity index (χ1) is 7.63. The largest absolute Gasteiger partial charge is 0.352 e. The summed E-state index contributed by atoms with van der Waals surface area (Å²) in [7, 11) is 0. The fraction of sp³-hybridized carbons (Fsp3) is 0.917. The van der Waals surface area contributed by atoms with Gasteiger partial charge in [-0.1, -0.05) is 6.92 Å². The molecule has 0 aromatic carbocycles.